The molecule has 7 rings (SSSR count). The van der Waals surface area contributed by atoms with Crippen molar-refractivity contribution in [1.82, 2.24) is 9.97 Å². The van der Waals surface area contributed by atoms with Crippen LogP contribution in [0.3, 0.4) is 0 Å². The van der Waals surface area contributed by atoms with Crippen LogP contribution in [0, 0.1) is 17.1 Å². The lowest BCUT2D eigenvalue weighted by Crippen LogP contribution is -2.29. The minimum atomic E-state index is -0.348. The molecule has 6 aromatic rings. The van der Waals surface area contributed by atoms with Crippen LogP contribution in [0.25, 0.3) is 32.4 Å². The molecule has 2 heterocycles. The Balaban J connectivity index is 0.000000201. The average molecular weight is 544 g/mol. The molecule has 1 aliphatic carbocycles. The fourth-order valence-electron chi connectivity index (χ4n) is 6.20. The van der Waals surface area contributed by atoms with E-state index < -0.39 is 0 Å². The molecule has 0 radical (unpaired) electrons. The standard InChI is InChI=1S/C26H22ClF.C9H5N3/c1-26(2)15-19(17-9-12-24(28)23(27)14-17)13-18-8-10-21-20-6-4-3-5-16(20)7-11-22(21)25(18)26;10-5-8-4-7-2-1-3-11-9(7)6-12-8/h3-12,14,19H,13,15H2,1-2H3;1-4,6H. The highest BCUT2D eigenvalue weighted by Crippen LogP contribution is 2.47. The maximum Gasteiger partial charge on any atom is 0.141 e. The number of benzene rings is 4. The number of aromatic nitrogens is 2. The number of halogens is 2. The van der Waals surface area contributed by atoms with E-state index in [0.29, 0.717) is 11.6 Å². The fraction of sp³-hybridized carbons (Fsp3) is 0.171. The Bertz CT molecular complexity index is 1940. The van der Waals surface area contributed by atoms with Crippen LogP contribution in [-0.4, -0.2) is 9.97 Å². The van der Waals surface area contributed by atoms with Crippen molar-refractivity contribution in [3.05, 3.63) is 131 Å². The van der Waals surface area contributed by atoms with Crippen LogP contribution < -0.4 is 0 Å². The summed E-state index contributed by atoms with van der Waals surface area (Å²) in [5.74, 6) is -0.00253. The lowest BCUT2D eigenvalue weighted by atomic mass is 9.65. The van der Waals surface area contributed by atoms with Gasteiger partial charge in [-0.1, -0.05) is 86.1 Å². The third kappa shape index (κ3) is 4.78. The molecule has 0 amide bonds. The van der Waals surface area contributed by atoms with Crippen LogP contribution in [-0.2, 0) is 11.8 Å². The third-order valence-electron chi connectivity index (χ3n) is 7.93. The summed E-state index contributed by atoms with van der Waals surface area (Å²) in [5.41, 5.74) is 5.25. The first-order valence-corrected chi connectivity index (χ1v) is 13.7. The summed E-state index contributed by atoms with van der Waals surface area (Å²) in [7, 11) is 0. The molecule has 0 N–H and O–H groups in total. The molecule has 1 unspecified atom stereocenters. The van der Waals surface area contributed by atoms with Crippen LogP contribution in [0.2, 0.25) is 5.02 Å². The number of hydrogen-bond acceptors (Lipinski definition) is 3. The molecular weight excluding hydrogens is 517 g/mol. The van der Waals surface area contributed by atoms with Crippen molar-refractivity contribution in [1.29, 1.82) is 5.26 Å². The van der Waals surface area contributed by atoms with Crippen molar-refractivity contribution in [2.24, 2.45) is 0 Å². The smallest absolute Gasteiger partial charge is 0.141 e. The van der Waals surface area contributed by atoms with Crippen LogP contribution in [0.15, 0.2) is 97.3 Å². The topological polar surface area (TPSA) is 49.6 Å². The predicted octanol–water partition coefficient (Wildman–Crippen LogP) is 9.29. The van der Waals surface area contributed by atoms with Gasteiger partial charge in [-0.2, -0.15) is 5.26 Å². The SMILES string of the molecule is CC1(C)CC(c2ccc(F)c(Cl)c2)Cc2ccc3c(ccc4ccccc43)c21.N#Cc1cc2cccnc2cn1. The molecular formula is C35H27ClFN3. The molecule has 4 aromatic carbocycles. The molecule has 196 valence electrons. The van der Waals surface area contributed by atoms with Crippen LogP contribution in [0.4, 0.5) is 4.39 Å². The molecule has 3 nitrogen and oxygen atoms in total. The largest absolute Gasteiger partial charge is 0.255 e. The minimum absolute atomic E-state index is 0.0288. The number of nitriles is 1. The molecule has 2 aromatic heterocycles. The van der Waals surface area contributed by atoms with Crippen molar-refractivity contribution in [3.63, 3.8) is 0 Å². The second-order valence-electron chi connectivity index (χ2n) is 11.0. The quantitative estimate of drug-likeness (QED) is 0.194. The molecule has 0 spiro atoms. The van der Waals surface area contributed by atoms with E-state index in [0.717, 1.165) is 29.3 Å². The van der Waals surface area contributed by atoms with Crippen LogP contribution >= 0.6 is 11.6 Å². The van der Waals surface area contributed by atoms with Gasteiger partial charge in [0.25, 0.3) is 0 Å². The van der Waals surface area contributed by atoms with Crippen LogP contribution in [0.1, 0.15) is 48.6 Å². The fourth-order valence-corrected chi connectivity index (χ4v) is 6.39. The Morgan fingerprint density at radius 2 is 1.68 bits per heavy atom. The van der Waals surface area contributed by atoms with Gasteiger partial charge in [-0.05, 0) is 86.7 Å². The zero-order valence-corrected chi connectivity index (χ0v) is 23.1. The van der Waals surface area contributed by atoms with Gasteiger partial charge in [0.2, 0.25) is 0 Å². The van der Waals surface area contributed by atoms with Gasteiger partial charge in [0.1, 0.15) is 17.6 Å². The number of pyridine rings is 2. The minimum Gasteiger partial charge on any atom is -0.255 e. The molecule has 0 fully saturated rings. The predicted molar refractivity (Wildman–Crippen MR) is 161 cm³/mol. The molecule has 5 heteroatoms. The lowest BCUT2D eigenvalue weighted by molar-refractivity contribution is 0.395. The van der Waals surface area contributed by atoms with Gasteiger partial charge >= 0.3 is 0 Å². The Hall–Kier alpha value is -4.33. The summed E-state index contributed by atoms with van der Waals surface area (Å²) < 4.78 is 13.6. The Morgan fingerprint density at radius 3 is 2.50 bits per heavy atom. The number of nitrogens with zero attached hydrogens (tertiary/aromatic N) is 3. The van der Waals surface area contributed by atoms with E-state index in [1.54, 1.807) is 24.5 Å². The zero-order chi connectivity index (χ0) is 27.9. The number of rotatable bonds is 1. The first-order chi connectivity index (χ1) is 19.3. The third-order valence-corrected chi connectivity index (χ3v) is 8.22. The molecule has 1 aliphatic rings. The number of fused-ring (bicyclic) bond motifs is 6. The highest BCUT2D eigenvalue weighted by atomic mass is 35.5. The molecule has 40 heavy (non-hydrogen) atoms. The normalized spacial score (nSPS) is 15.7. The first-order valence-electron chi connectivity index (χ1n) is 13.3. The summed E-state index contributed by atoms with van der Waals surface area (Å²) in [6, 6.07) is 30.3. The molecule has 1 atom stereocenters. The monoisotopic (exact) mass is 543 g/mol. The van der Waals surface area contributed by atoms with Crippen molar-refractivity contribution < 1.29 is 4.39 Å². The summed E-state index contributed by atoms with van der Waals surface area (Å²) in [4.78, 5) is 7.99. The molecule has 0 bridgehead atoms. The Kier molecular flexibility index (Phi) is 6.70. The summed E-state index contributed by atoms with van der Waals surface area (Å²) in [5, 5.41) is 15.0. The maximum atomic E-state index is 13.6. The van der Waals surface area contributed by atoms with E-state index in [1.807, 2.05) is 24.3 Å². The number of hydrogen-bond donors (Lipinski definition) is 0. The van der Waals surface area contributed by atoms with E-state index in [1.165, 1.54) is 38.7 Å². The van der Waals surface area contributed by atoms with E-state index in [9.17, 15) is 4.39 Å². The second-order valence-corrected chi connectivity index (χ2v) is 11.4. The first kappa shape index (κ1) is 25.9. The highest BCUT2D eigenvalue weighted by Gasteiger charge is 2.35. The van der Waals surface area contributed by atoms with Crippen molar-refractivity contribution >= 4 is 44.0 Å². The van der Waals surface area contributed by atoms with Crippen molar-refractivity contribution in [2.75, 3.05) is 0 Å². The van der Waals surface area contributed by atoms with Gasteiger partial charge in [-0.25, -0.2) is 9.37 Å². The van der Waals surface area contributed by atoms with Gasteiger partial charge in [0.05, 0.1) is 16.7 Å². The zero-order valence-electron chi connectivity index (χ0n) is 22.3. The van der Waals surface area contributed by atoms with Gasteiger partial charge < -0.3 is 0 Å². The van der Waals surface area contributed by atoms with E-state index in [4.69, 9.17) is 16.9 Å². The average Bonchev–Trinajstić information content (AvgIpc) is 2.97. The summed E-state index contributed by atoms with van der Waals surface area (Å²) in [6.45, 7) is 4.66. The van der Waals surface area contributed by atoms with Gasteiger partial charge in [-0.3, -0.25) is 4.98 Å². The Morgan fingerprint density at radius 1 is 0.875 bits per heavy atom. The van der Waals surface area contributed by atoms with E-state index >= 15 is 0 Å². The van der Waals surface area contributed by atoms with Crippen molar-refractivity contribution in [2.45, 2.75) is 38.0 Å². The second kappa shape index (κ2) is 10.3. The van der Waals surface area contributed by atoms with Gasteiger partial charge in [-0.15, -0.1) is 0 Å². The van der Waals surface area contributed by atoms with Crippen LogP contribution in [0.5, 0.6) is 0 Å². The molecule has 0 aliphatic heterocycles. The lowest BCUT2D eigenvalue weighted by Gasteiger charge is -2.39. The summed E-state index contributed by atoms with van der Waals surface area (Å²) >= 11 is 6.06. The highest BCUT2D eigenvalue weighted by molar-refractivity contribution is 6.30. The van der Waals surface area contributed by atoms with E-state index in [2.05, 4.69) is 72.3 Å². The molecule has 0 saturated heterocycles. The van der Waals surface area contributed by atoms with Gasteiger partial charge in [0.15, 0.2) is 0 Å². The van der Waals surface area contributed by atoms with E-state index in [-0.39, 0.29) is 16.3 Å². The van der Waals surface area contributed by atoms with Crippen molar-refractivity contribution in [3.8, 4) is 6.07 Å². The molecule has 0 saturated carbocycles. The summed E-state index contributed by atoms with van der Waals surface area (Å²) in [6.07, 6.45) is 5.29. The Labute approximate surface area is 237 Å². The maximum absolute atomic E-state index is 13.6. The van der Waals surface area contributed by atoms with Gasteiger partial charge in [0, 0.05) is 11.6 Å².